The highest BCUT2D eigenvalue weighted by Gasteiger charge is 2.37. The molecule has 0 saturated heterocycles. The predicted molar refractivity (Wildman–Crippen MR) is 95.8 cm³/mol. The fourth-order valence-electron chi connectivity index (χ4n) is 3.43. The topological polar surface area (TPSA) is 74.7 Å². The Balaban J connectivity index is 1.98. The van der Waals surface area contributed by atoms with Crippen molar-refractivity contribution in [3.8, 4) is 17.2 Å². The van der Waals surface area contributed by atoms with Crippen LogP contribution in [0.2, 0.25) is 0 Å². The number of nitrogens with one attached hydrogen (secondary N) is 1. The minimum Gasteiger partial charge on any atom is -0.493 e. The van der Waals surface area contributed by atoms with Gasteiger partial charge in [0.25, 0.3) is 0 Å². The number of benzene rings is 1. The molecule has 1 N–H and O–H groups in total. The maximum Gasteiger partial charge on any atom is 0.205 e. The van der Waals surface area contributed by atoms with E-state index >= 15 is 0 Å². The van der Waals surface area contributed by atoms with Gasteiger partial charge in [-0.3, -0.25) is 0 Å². The van der Waals surface area contributed by atoms with Gasteiger partial charge in [-0.05, 0) is 18.9 Å². The molecule has 2 aromatic rings. The molecule has 136 valence electrons. The molecule has 7 heteroatoms. The number of anilines is 1. The summed E-state index contributed by atoms with van der Waals surface area (Å²) in [6.45, 7) is 1.56. The normalized spacial score (nSPS) is 15.5. The number of aromatic nitrogens is 2. The maximum atomic E-state index is 5.52. The van der Waals surface area contributed by atoms with Crippen LogP contribution in [0.3, 0.4) is 0 Å². The van der Waals surface area contributed by atoms with Crippen molar-refractivity contribution in [3.63, 3.8) is 0 Å². The molecule has 1 aliphatic rings. The van der Waals surface area contributed by atoms with E-state index < -0.39 is 0 Å². The van der Waals surface area contributed by atoms with Crippen molar-refractivity contribution in [2.24, 2.45) is 5.41 Å². The van der Waals surface area contributed by atoms with Crippen molar-refractivity contribution in [2.75, 3.05) is 46.9 Å². The van der Waals surface area contributed by atoms with Gasteiger partial charge in [0.05, 0.1) is 33.3 Å². The molecule has 0 radical (unpaired) electrons. The fourth-order valence-corrected chi connectivity index (χ4v) is 3.43. The Morgan fingerprint density at radius 3 is 2.36 bits per heavy atom. The lowest BCUT2D eigenvalue weighted by Crippen LogP contribution is -2.40. The van der Waals surface area contributed by atoms with E-state index in [-0.39, 0.29) is 5.41 Å². The smallest absolute Gasteiger partial charge is 0.205 e. The first-order chi connectivity index (χ1) is 12.2. The van der Waals surface area contributed by atoms with Gasteiger partial charge >= 0.3 is 0 Å². The van der Waals surface area contributed by atoms with Crippen LogP contribution in [-0.2, 0) is 4.74 Å². The Hall–Kier alpha value is -2.28. The number of hydrogen-bond donors (Lipinski definition) is 1. The second-order valence-corrected chi connectivity index (χ2v) is 6.40. The van der Waals surface area contributed by atoms with Crippen LogP contribution in [0.4, 0.5) is 5.82 Å². The molecule has 1 heterocycles. The van der Waals surface area contributed by atoms with Gasteiger partial charge in [0.15, 0.2) is 11.5 Å². The van der Waals surface area contributed by atoms with E-state index in [2.05, 4.69) is 15.3 Å². The quantitative estimate of drug-likeness (QED) is 0.787. The average Bonchev–Trinajstić information content (AvgIpc) is 2.61. The zero-order valence-electron chi connectivity index (χ0n) is 15.2. The van der Waals surface area contributed by atoms with Crippen molar-refractivity contribution >= 4 is 16.7 Å². The van der Waals surface area contributed by atoms with Crippen molar-refractivity contribution < 1.29 is 18.9 Å². The molecule has 1 aliphatic carbocycles. The summed E-state index contributed by atoms with van der Waals surface area (Å²) in [4.78, 5) is 8.80. The molecule has 0 amide bonds. The van der Waals surface area contributed by atoms with Crippen LogP contribution >= 0.6 is 0 Å². The van der Waals surface area contributed by atoms with Gasteiger partial charge in [-0.1, -0.05) is 6.42 Å². The Morgan fingerprint density at radius 2 is 1.80 bits per heavy atom. The first kappa shape index (κ1) is 17.5. The molecule has 1 saturated carbocycles. The number of fused-ring (bicyclic) bond motifs is 1. The molecule has 0 aliphatic heterocycles. The zero-order valence-corrected chi connectivity index (χ0v) is 15.2. The Bertz CT molecular complexity index is 747. The zero-order chi connectivity index (χ0) is 17.9. The van der Waals surface area contributed by atoms with E-state index in [1.54, 1.807) is 28.4 Å². The van der Waals surface area contributed by atoms with Crippen LogP contribution in [0.15, 0.2) is 12.4 Å². The first-order valence-electron chi connectivity index (χ1n) is 8.34. The number of hydrogen-bond acceptors (Lipinski definition) is 7. The molecular formula is C18H25N3O4. The molecular weight excluding hydrogens is 322 g/mol. The van der Waals surface area contributed by atoms with Crippen molar-refractivity contribution in [1.82, 2.24) is 9.97 Å². The highest BCUT2D eigenvalue weighted by molar-refractivity contribution is 5.96. The number of ether oxygens (including phenoxy) is 4. The van der Waals surface area contributed by atoms with Gasteiger partial charge in [0, 0.05) is 19.1 Å². The minimum absolute atomic E-state index is 0.187. The summed E-state index contributed by atoms with van der Waals surface area (Å²) < 4.78 is 21.8. The lowest BCUT2D eigenvalue weighted by molar-refractivity contribution is 0.0282. The molecule has 3 rings (SSSR count). The lowest BCUT2D eigenvalue weighted by atomic mass is 9.69. The standard InChI is InChI=1S/C18H25N3O4/c1-22-10-18(6-5-7-18)9-19-17-12-8-13(23-2)15(24-3)16(25-4)14(12)20-11-21-17/h8,11H,5-7,9-10H2,1-4H3,(H,19,20,21). The van der Waals surface area contributed by atoms with Crippen molar-refractivity contribution in [3.05, 3.63) is 12.4 Å². The summed E-state index contributed by atoms with van der Waals surface area (Å²) in [5, 5.41) is 4.31. The third-order valence-corrected chi connectivity index (χ3v) is 4.93. The van der Waals surface area contributed by atoms with Crippen molar-refractivity contribution in [2.45, 2.75) is 19.3 Å². The van der Waals surface area contributed by atoms with Crippen LogP contribution in [0, 0.1) is 5.41 Å². The van der Waals surface area contributed by atoms with Gasteiger partial charge in [0.1, 0.15) is 17.7 Å². The van der Waals surface area contributed by atoms with E-state index in [0.29, 0.717) is 22.8 Å². The number of methoxy groups -OCH3 is 4. The van der Waals surface area contributed by atoms with Crippen molar-refractivity contribution in [1.29, 1.82) is 0 Å². The van der Waals surface area contributed by atoms with E-state index in [4.69, 9.17) is 18.9 Å². The number of rotatable bonds is 8. The largest absolute Gasteiger partial charge is 0.493 e. The summed E-state index contributed by atoms with van der Waals surface area (Å²) in [7, 11) is 6.52. The molecule has 0 atom stereocenters. The van der Waals surface area contributed by atoms with Gasteiger partial charge in [-0.25, -0.2) is 9.97 Å². The first-order valence-corrected chi connectivity index (χ1v) is 8.34. The van der Waals surface area contributed by atoms with Crippen LogP contribution in [0.25, 0.3) is 10.9 Å². The van der Waals surface area contributed by atoms with E-state index in [0.717, 1.165) is 37.2 Å². The summed E-state index contributed by atoms with van der Waals surface area (Å²) in [6, 6.07) is 1.88. The Kier molecular flexibility index (Phi) is 5.13. The van der Waals surface area contributed by atoms with Crippen LogP contribution in [-0.4, -0.2) is 51.6 Å². The van der Waals surface area contributed by atoms with Gasteiger partial charge in [0.2, 0.25) is 5.75 Å². The van der Waals surface area contributed by atoms with Crippen LogP contribution in [0.1, 0.15) is 19.3 Å². The highest BCUT2D eigenvalue weighted by Crippen LogP contribution is 2.45. The monoisotopic (exact) mass is 347 g/mol. The summed E-state index contributed by atoms with van der Waals surface area (Å²) >= 11 is 0. The third kappa shape index (κ3) is 3.16. The molecule has 1 aromatic carbocycles. The summed E-state index contributed by atoms with van der Waals surface area (Å²) in [5.41, 5.74) is 0.874. The third-order valence-electron chi connectivity index (χ3n) is 4.93. The molecule has 0 bridgehead atoms. The van der Waals surface area contributed by atoms with Gasteiger partial charge < -0.3 is 24.3 Å². The second-order valence-electron chi connectivity index (χ2n) is 6.40. The average molecular weight is 347 g/mol. The maximum absolute atomic E-state index is 5.52. The Labute approximate surface area is 147 Å². The Morgan fingerprint density at radius 1 is 1.04 bits per heavy atom. The summed E-state index contributed by atoms with van der Waals surface area (Å²) in [5.74, 6) is 2.40. The molecule has 0 spiro atoms. The SMILES string of the molecule is COCC1(CNc2ncnc3c(OC)c(OC)c(OC)cc23)CCC1. The molecule has 1 fully saturated rings. The van der Waals surface area contributed by atoms with E-state index in [1.807, 2.05) is 6.07 Å². The van der Waals surface area contributed by atoms with Gasteiger partial charge in [-0.15, -0.1) is 0 Å². The summed E-state index contributed by atoms with van der Waals surface area (Å²) in [6.07, 6.45) is 5.10. The van der Waals surface area contributed by atoms with E-state index in [9.17, 15) is 0 Å². The van der Waals surface area contributed by atoms with Crippen LogP contribution in [0.5, 0.6) is 17.2 Å². The van der Waals surface area contributed by atoms with Crippen LogP contribution < -0.4 is 19.5 Å². The fraction of sp³-hybridized carbons (Fsp3) is 0.556. The molecule has 1 aromatic heterocycles. The molecule has 0 unspecified atom stereocenters. The van der Waals surface area contributed by atoms with Gasteiger partial charge in [-0.2, -0.15) is 0 Å². The lowest BCUT2D eigenvalue weighted by Gasteiger charge is -2.41. The molecule has 7 nitrogen and oxygen atoms in total. The molecule has 25 heavy (non-hydrogen) atoms. The highest BCUT2D eigenvalue weighted by atomic mass is 16.5. The number of nitrogens with zero attached hydrogens (tertiary/aromatic N) is 2. The second kappa shape index (κ2) is 7.31. The van der Waals surface area contributed by atoms with E-state index in [1.165, 1.54) is 12.7 Å². The predicted octanol–water partition coefficient (Wildman–Crippen LogP) is 2.88. The minimum atomic E-state index is 0.187.